The van der Waals surface area contributed by atoms with Crippen LogP contribution in [0, 0.1) is 0 Å². The Bertz CT molecular complexity index is 549. The highest BCUT2D eigenvalue weighted by Crippen LogP contribution is 2.31. The third-order valence-corrected chi connectivity index (χ3v) is 2.67. The molecule has 0 bridgehead atoms. The molecule has 0 saturated carbocycles. The van der Waals surface area contributed by atoms with Gasteiger partial charge in [-0.1, -0.05) is 6.07 Å². The minimum Gasteiger partial charge on any atom is -0.493 e. The van der Waals surface area contributed by atoms with Crippen LogP contribution < -0.4 is 9.47 Å². The second-order valence-corrected chi connectivity index (χ2v) is 4.24. The van der Waals surface area contributed by atoms with Crippen molar-refractivity contribution in [3.05, 3.63) is 40.8 Å². The first kappa shape index (κ1) is 12.8. The topological polar surface area (TPSA) is 64.5 Å². The number of benzene rings is 1. The molecule has 0 amide bonds. The number of methoxy groups -OCH3 is 1. The fourth-order valence-electron chi connectivity index (χ4n) is 1.38. The van der Waals surface area contributed by atoms with Gasteiger partial charge >= 0.3 is 0 Å². The molecule has 0 fully saturated rings. The zero-order valence-corrected chi connectivity index (χ0v) is 11.2. The summed E-state index contributed by atoms with van der Waals surface area (Å²) in [5.41, 5.74) is 0.753. The molecule has 0 unspecified atom stereocenters. The van der Waals surface area contributed by atoms with Gasteiger partial charge in [0.05, 0.1) is 13.7 Å². The van der Waals surface area contributed by atoms with Crippen LogP contribution in [0.2, 0.25) is 0 Å². The molecule has 18 heavy (non-hydrogen) atoms. The predicted molar refractivity (Wildman–Crippen MR) is 68.7 cm³/mol. The summed E-state index contributed by atoms with van der Waals surface area (Å²) in [6, 6.07) is 6.85. The maximum Gasteiger partial charge on any atom is 0.223 e. The van der Waals surface area contributed by atoms with Crippen LogP contribution in [0.5, 0.6) is 17.4 Å². The van der Waals surface area contributed by atoms with Crippen molar-refractivity contribution >= 4 is 15.9 Å². The van der Waals surface area contributed by atoms with Crippen LogP contribution in [0.1, 0.15) is 5.56 Å². The molecule has 0 aliphatic heterocycles. The van der Waals surface area contributed by atoms with E-state index in [2.05, 4.69) is 25.9 Å². The molecule has 0 aliphatic rings. The van der Waals surface area contributed by atoms with Crippen molar-refractivity contribution in [1.29, 1.82) is 0 Å². The molecular formula is C12H11BrN2O3. The Hall–Kier alpha value is -1.66. The number of aliphatic hydroxyl groups excluding tert-OH is 1. The average molecular weight is 311 g/mol. The summed E-state index contributed by atoms with van der Waals surface area (Å²) in [7, 11) is 1.54. The highest BCUT2D eigenvalue weighted by Gasteiger charge is 2.08. The van der Waals surface area contributed by atoms with Gasteiger partial charge in [-0.25, -0.2) is 9.97 Å². The van der Waals surface area contributed by atoms with Gasteiger partial charge in [0.1, 0.15) is 10.9 Å². The lowest BCUT2D eigenvalue weighted by atomic mass is 10.2. The lowest BCUT2D eigenvalue weighted by Crippen LogP contribution is -1.94. The molecule has 1 N–H and O–H groups in total. The molecule has 2 rings (SSSR count). The Morgan fingerprint density at radius 2 is 2.06 bits per heavy atom. The Kier molecular flexibility index (Phi) is 4.11. The van der Waals surface area contributed by atoms with Gasteiger partial charge in [0.15, 0.2) is 11.5 Å². The second kappa shape index (κ2) is 5.79. The molecule has 0 spiro atoms. The van der Waals surface area contributed by atoms with Gasteiger partial charge in [0.25, 0.3) is 0 Å². The molecule has 94 valence electrons. The van der Waals surface area contributed by atoms with Crippen LogP contribution in [0.3, 0.4) is 0 Å². The van der Waals surface area contributed by atoms with Crippen LogP contribution in [0.4, 0.5) is 0 Å². The van der Waals surface area contributed by atoms with E-state index < -0.39 is 0 Å². The summed E-state index contributed by atoms with van der Waals surface area (Å²) in [5, 5.41) is 9.05. The molecule has 0 aliphatic carbocycles. The zero-order chi connectivity index (χ0) is 13.0. The Balaban J connectivity index is 2.28. The Morgan fingerprint density at radius 3 is 2.72 bits per heavy atom. The molecule has 6 heteroatoms. The van der Waals surface area contributed by atoms with E-state index >= 15 is 0 Å². The van der Waals surface area contributed by atoms with Crippen molar-refractivity contribution in [2.75, 3.05) is 7.11 Å². The lowest BCUT2D eigenvalue weighted by Gasteiger charge is -2.10. The first-order chi connectivity index (χ1) is 8.72. The van der Waals surface area contributed by atoms with Crippen LogP contribution in [-0.2, 0) is 6.61 Å². The fraction of sp³-hybridized carbons (Fsp3) is 0.167. The number of halogens is 1. The minimum atomic E-state index is -0.0459. The lowest BCUT2D eigenvalue weighted by molar-refractivity contribution is 0.280. The molecular weight excluding hydrogens is 300 g/mol. The third-order valence-electron chi connectivity index (χ3n) is 2.23. The molecule has 5 nitrogen and oxygen atoms in total. The standard InChI is InChI=1S/C12H11BrN2O3/c1-17-10-4-8(6-16)2-3-9(10)18-12-5-11(13)14-7-15-12/h2-5,7,16H,6H2,1H3. The van der Waals surface area contributed by atoms with E-state index in [1.165, 1.54) is 6.33 Å². The van der Waals surface area contributed by atoms with Crippen molar-refractivity contribution < 1.29 is 14.6 Å². The quantitative estimate of drug-likeness (QED) is 0.879. The number of rotatable bonds is 4. The Morgan fingerprint density at radius 1 is 1.22 bits per heavy atom. The van der Waals surface area contributed by atoms with E-state index in [-0.39, 0.29) is 6.61 Å². The Labute approximate surface area is 113 Å². The van der Waals surface area contributed by atoms with E-state index in [0.717, 1.165) is 5.56 Å². The van der Waals surface area contributed by atoms with Gasteiger partial charge < -0.3 is 14.6 Å². The molecule has 1 aromatic heterocycles. The summed E-state index contributed by atoms with van der Waals surface area (Å²) < 4.78 is 11.4. The van der Waals surface area contributed by atoms with Crippen molar-refractivity contribution in [3.8, 4) is 17.4 Å². The predicted octanol–water partition coefficient (Wildman–Crippen LogP) is 2.53. The van der Waals surface area contributed by atoms with Crippen LogP contribution in [-0.4, -0.2) is 22.2 Å². The number of aromatic nitrogens is 2. The smallest absolute Gasteiger partial charge is 0.223 e. The van der Waals surface area contributed by atoms with Crippen LogP contribution in [0.15, 0.2) is 35.2 Å². The van der Waals surface area contributed by atoms with Crippen molar-refractivity contribution in [3.63, 3.8) is 0 Å². The first-order valence-corrected chi connectivity index (χ1v) is 5.95. The van der Waals surface area contributed by atoms with E-state index in [4.69, 9.17) is 14.6 Å². The summed E-state index contributed by atoms with van der Waals surface area (Å²) in [6.45, 7) is -0.0459. The molecule has 1 aromatic carbocycles. The van der Waals surface area contributed by atoms with Crippen molar-refractivity contribution in [2.24, 2.45) is 0 Å². The molecule has 2 aromatic rings. The number of hydrogen-bond donors (Lipinski definition) is 1. The fourth-order valence-corrected chi connectivity index (χ4v) is 1.67. The highest BCUT2D eigenvalue weighted by molar-refractivity contribution is 9.10. The summed E-state index contributed by atoms with van der Waals surface area (Å²) >= 11 is 3.24. The normalized spacial score (nSPS) is 10.2. The van der Waals surface area contributed by atoms with Crippen molar-refractivity contribution in [1.82, 2.24) is 9.97 Å². The van der Waals surface area contributed by atoms with Crippen molar-refractivity contribution in [2.45, 2.75) is 6.61 Å². The van der Waals surface area contributed by atoms with Gasteiger partial charge in [-0.3, -0.25) is 0 Å². The second-order valence-electron chi connectivity index (χ2n) is 3.42. The monoisotopic (exact) mass is 310 g/mol. The molecule has 0 saturated heterocycles. The molecule has 1 heterocycles. The summed E-state index contributed by atoms with van der Waals surface area (Å²) in [6.07, 6.45) is 1.40. The highest BCUT2D eigenvalue weighted by atomic mass is 79.9. The number of nitrogens with zero attached hydrogens (tertiary/aromatic N) is 2. The maximum atomic E-state index is 9.05. The summed E-state index contributed by atoms with van der Waals surface area (Å²) in [4.78, 5) is 7.90. The number of ether oxygens (including phenoxy) is 2. The van der Waals surface area contributed by atoms with Crippen LogP contribution in [0.25, 0.3) is 0 Å². The van der Waals surface area contributed by atoms with Crippen LogP contribution >= 0.6 is 15.9 Å². The van der Waals surface area contributed by atoms with E-state index in [1.807, 2.05) is 0 Å². The van der Waals surface area contributed by atoms with E-state index in [0.29, 0.717) is 22.0 Å². The van der Waals surface area contributed by atoms with E-state index in [1.54, 1.807) is 31.4 Å². The first-order valence-electron chi connectivity index (χ1n) is 5.16. The summed E-state index contributed by atoms with van der Waals surface area (Å²) in [5.74, 6) is 1.48. The van der Waals surface area contributed by atoms with Gasteiger partial charge in [-0.15, -0.1) is 0 Å². The maximum absolute atomic E-state index is 9.05. The van der Waals surface area contributed by atoms with Gasteiger partial charge in [-0.05, 0) is 33.6 Å². The molecule has 0 radical (unpaired) electrons. The zero-order valence-electron chi connectivity index (χ0n) is 9.63. The van der Waals surface area contributed by atoms with Gasteiger partial charge in [-0.2, -0.15) is 0 Å². The SMILES string of the molecule is COc1cc(CO)ccc1Oc1cc(Br)ncn1. The average Bonchev–Trinajstić information content (AvgIpc) is 2.39. The third kappa shape index (κ3) is 2.96. The largest absolute Gasteiger partial charge is 0.493 e. The minimum absolute atomic E-state index is 0.0459. The molecule has 0 atom stereocenters. The van der Waals surface area contributed by atoms with E-state index in [9.17, 15) is 0 Å². The van der Waals surface area contributed by atoms with Gasteiger partial charge in [0.2, 0.25) is 5.88 Å². The number of aliphatic hydroxyl groups is 1. The number of hydrogen-bond acceptors (Lipinski definition) is 5. The van der Waals surface area contributed by atoms with Gasteiger partial charge in [0, 0.05) is 6.07 Å².